The van der Waals surface area contributed by atoms with Crippen LogP contribution in [0.5, 0.6) is 0 Å². The van der Waals surface area contributed by atoms with Gasteiger partial charge in [0.05, 0.1) is 6.61 Å². The Kier molecular flexibility index (Phi) is 5.12. The molecule has 0 aromatic heterocycles. The van der Waals surface area contributed by atoms with Crippen molar-refractivity contribution in [2.24, 2.45) is 0 Å². The Labute approximate surface area is 101 Å². The van der Waals surface area contributed by atoms with Crippen LogP contribution < -0.4 is 0 Å². The van der Waals surface area contributed by atoms with Crippen LogP contribution >= 0.6 is 0 Å². The Bertz CT molecular complexity index is 361. The highest BCUT2D eigenvalue weighted by atomic mass is 16.4. The zero-order valence-corrected chi connectivity index (χ0v) is 10.3. The molecule has 0 aliphatic heterocycles. The third-order valence-corrected chi connectivity index (χ3v) is 2.84. The highest BCUT2D eigenvalue weighted by molar-refractivity contribution is 5.73. The van der Waals surface area contributed by atoms with Crippen LogP contribution in [0.4, 0.5) is 0 Å². The van der Waals surface area contributed by atoms with Crippen molar-refractivity contribution in [2.45, 2.75) is 32.5 Å². The van der Waals surface area contributed by atoms with Gasteiger partial charge in [-0.2, -0.15) is 0 Å². The van der Waals surface area contributed by atoms with Crippen LogP contribution in [0.3, 0.4) is 0 Å². The van der Waals surface area contributed by atoms with Crippen molar-refractivity contribution in [2.75, 3.05) is 7.05 Å². The van der Waals surface area contributed by atoms with Crippen LogP contribution in [0.2, 0.25) is 0 Å². The van der Waals surface area contributed by atoms with E-state index < -0.39 is 12.0 Å². The van der Waals surface area contributed by atoms with Gasteiger partial charge in [-0.3, -0.25) is 9.69 Å². The lowest BCUT2D eigenvalue weighted by Gasteiger charge is -2.23. The average molecular weight is 237 g/mol. The Hall–Kier alpha value is -1.39. The molecule has 1 aromatic carbocycles. The van der Waals surface area contributed by atoms with Crippen LogP contribution in [-0.4, -0.2) is 34.2 Å². The van der Waals surface area contributed by atoms with Gasteiger partial charge in [0.15, 0.2) is 0 Å². The van der Waals surface area contributed by atoms with Crippen LogP contribution in [0, 0.1) is 0 Å². The second-order valence-electron chi connectivity index (χ2n) is 4.15. The summed E-state index contributed by atoms with van der Waals surface area (Å²) in [6.07, 6.45) is 0.584. The summed E-state index contributed by atoms with van der Waals surface area (Å²) in [7, 11) is 1.81. The molecule has 0 saturated carbocycles. The van der Waals surface area contributed by atoms with Gasteiger partial charge in [0.25, 0.3) is 0 Å². The fraction of sp³-hybridized carbons (Fsp3) is 0.462. The van der Waals surface area contributed by atoms with E-state index in [0.29, 0.717) is 13.0 Å². The minimum atomic E-state index is -0.790. The molecule has 0 aliphatic rings. The van der Waals surface area contributed by atoms with E-state index in [0.717, 1.165) is 11.1 Å². The van der Waals surface area contributed by atoms with Crippen molar-refractivity contribution in [3.8, 4) is 0 Å². The van der Waals surface area contributed by atoms with Gasteiger partial charge in [0.2, 0.25) is 0 Å². The van der Waals surface area contributed by atoms with Crippen molar-refractivity contribution in [3.63, 3.8) is 0 Å². The number of aliphatic hydroxyl groups is 1. The largest absolute Gasteiger partial charge is 0.480 e. The molecular weight excluding hydrogens is 218 g/mol. The van der Waals surface area contributed by atoms with E-state index in [4.69, 9.17) is 10.2 Å². The summed E-state index contributed by atoms with van der Waals surface area (Å²) in [6, 6.07) is 7.08. The third kappa shape index (κ3) is 3.84. The lowest BCUT2D eigenvalue weighted by atomic mass is 10.1. The lowest BCUT2D eigenvalue weighted by molar-refractivity contribution is -0.143. The summed E-state index contributed by atoms with van der Waals surface area (Å²) in [5.41, 5.74) is 1.91. The molecule has 4 heteroatoms. The SMILES string of the molecule is CCC(C(=O)O)N(C)Cc1ccc(CO)cc1. The van der Waals surface area contributed by atoms with Crippen molar-refractivity contribution in [1.82, 2.24) is 4.90 Å². The number of hydrogen-bond donors (Lipinski definition) is 2. The highest BCUT2D eigenvalue weighted by Crippen LogP contribution is 2.10. The standard InChI is InChI=1S/C13H19NO3/c1-3-12(13(16)17)14(2)8-10-4-6-11(9-15)7-5-10/h4-7,12,15H,3,8-9H2,1-2H3,(H,16,17). The Balaban J connectivity index is 2.66. The zero-order valence-electron chi connectivity index (χ0n) is 10.3. The number of nitrogens with zero attached hydrogens (tertiary/aromatic N) is 1. The van der Waals surface area contributed by atoms with Gasteiger partial charge < -0.3 is 10.2 Å². The summed E-state index contributed by atoms with van der Waals surface area (Å²) in [4.78, 5) is 12.8. The number of aliphatic hydroxyl groups excluding tert-OH is 1. The molecule has 94 valence electrons. The van der Waals surface area contributed by atoms with Crippen LogP contribution in [0.1, 0.15) is 24.5 Å². The van der Waals surface area contributed by atoms with Crippen LogP contribution in [0.15, 0.2) is 24.3 Å². The molecule has 1 aromatic rings. The topological polar surface area (TPSA) is 60.8 Å². The van der Waals surface area contributed by atoms with E-state index in [-0.39, 0.29) is 6.61 Å². The molecule has 0 heterocycles. The van der Waals surface area contributed by atoms with Gasteiger partial charge in [0, 0.05) is 6.54 Å². The van der Waals surface area contributed by atoms with E-state index in [1.54, 1.807) is 0 Å². The normalized spacial score (nSPS) is 12.7. The second-order valence-corrected chi connectivity index (χ2v) is 4.15. The van der Waals surface area contributed by atoms with Crippen molar-refractivity contribution >= 4 is 5.97 Å². The minimum absolute atomic E-state index is 0.0306. The molecule has 0 saturated heterocycles. The van der Waals surface area contributed by atoms with Gasteiger partial charge in [-0.15, -0.1) is 0 Å². The first kappa shape index (κ1) is 13.7. The number of rotatable bonds is 6. The summed E-state index contributed by atoms with van der Waals surface area (Å²) < 4.78 is 0. The fourth-order valence-electron chi connectivity index (χ4n) is 1.82. The monoisotopic (exact) mass is 237 g/mol. The molecule has 17 heavy (non-hydrogen) atoms. The molecule has 1 unspecified atom stereocenters. The van der Waals surface area contributed by atoms with Crippen molar-refractivity contribution in [3.05, 3.63) is 35.4 Å². The number of aliphatic carboxylic acids is 1. The van der Waals surface area contributed by atoms with E-state index >= 15 is 0 Å². The molecule has 0 spiro atoms. The first-order valence-corrected chi connectivity index (χ1v) is 5.70. The maximum Gasteiger partial charge on any atom is 0.320 e. The summed E-state index contributed by atoms with van der Waals surface area (Å²) >= 11 is 0. The van der Waals surface area contributed by atoms with Crippen LogP contribution in [0.25, 0.3) is 0 Å². The zero-order chi connectivity index (χ0) is 12.8. The number of likely N-dealkylation sites (N-methyl/N-ethyl adjacent to an activating group) is 1. The van der Waals surface area contributed by atoms with Gasteiger partial charge in [-0.05, 0) is 24.6 Å². The molecule has 0 bridgehead atoms. The Morgan fingerprint density at radius 3 is 2.24 bits per heavy atom. The van der Waals surface area contributed by atoms with Crippen LogP contribution in [-0.2, 0) is 17.9 Å². The average Bonchev–Trinajstić information content (AvgIpc) is 2.30. The predicted molar refractivity (Wildman–Crippen MR) is 65.5 cm³/mol. The summed E-state index contributed by atoms with van der Waals surface area (Å²) in [5, 5.41) is 18.0. The highest BCUT2D eigenvalue weighted by Gasteiger charge is 2.20. The Morgan fingerprint density at radius 2 is 1.82 bits per heavy atom. The van der Waals surface area contributed by atoms with E-state index in [2.05, 4.69) is 0 Å². The quantitative estimate of drug-likeness (QED) is 0.786. The smallest absolute Gasteiger partial charge is 0.320 e. The third-order valence-electron chi connectivity index (χ3n) is 2.84. The van der Waals surface area contributed by atoms with E-state index in [9.17, 15) is 4.79 Å². The summed E-state index contributed by atoms with van der Waals surface area (Å²) in [5.74, 6) is -0.790. The molecular formula is C13H19NO3. The van der Waals surface area contributed by atoms with Crippen molar-refractivity contribution < 1.29 is 15.0 Å². The van der Waals surface area contributed by atoms with Gasteiger partial charge >= 0.3 is 5.97 Å². The first-order chi connectivity index (χ1) is 8.08. The summed E-state index contributed by atoms with van der Waals surface area (Å²) in [6.45, 7) is 2.49. The minimum Gasteiger partial charge on any atom is -0.480 e. The number of hydrogen-bond acceptors (Lipinski definition) is 3. The lowest BCUT2D eigenvalue weighted by Crippen LogP contribution is -2.37. The maximum atomic E-state index is 11.0. The molecule has 1 atom stereocenters. The molecule has 0 aliphatic carbocycles. The number of carbonyl (C=O) groups is 1. The predicted octanol–water partition coefficient (Wildman–Crippen LogP) is 1.47. The molecule has 2 N–H and O–H groups in total. The van der Waals surface area contributed by atoms with Crippen molar-refractivity contribution in [1.29, 1.82) is 0 Å². The Morgan fingerprint density at radius 1 is 1.29 bits per heavy atom. The first-order valence-electron chi connectivity index (χ1n) is 5.70. The fourth-order valence-corrected chi connectivity index (χ4v) is 1.82. The molecule has 1 rings (SSSR count). The molecule has 0 radical (unpaired) electrons. The molecule has 4 nitrogen and oxygen atoms in total. The molecule has 0 amide bonds. The van der Waals surface area contributed by atoms with E-state index in [1.807, 2.05) is 43.1 Å². The molecule has 0 fully saturated rings. The van der Waals surface area contributed by atoms with Gasteiger partial charge in [-0.25, -0.2) is 0 Å². The van der Waals surface area contributed by atoms with Gasteiger partial charge in [-0.1, -0.05) is 31.2 Å². The number of carboxylic acid groups (broad SMARTS) is 1. The maximum absolute atomic E-state index is 11.0. The van der Waals surface area contributed by atoms with E-state index in [1.165, 1.54) is 0 Å². The number of carboxylic acids is 1. The number of benzene rings is 1. The van der Waals surface area contributed by atoms with Gasteiger partial charge in [0.1, 0.15) is 6.04 Å². The second kappa shape index (κ2) is 6.37.